The summed E-state index contributed by atoms with van der Waals surface area (Å²) in [7, 11) is 0. The van der Waals surface area contributed by atoms with E-state index >= 15 is 0 Å². The first-order valence-corrected chi connectivity index (χ1v) is 7.19. The SMILES string of the molecule is O=C(O)C1CCCN(C(=O)NCc2ccccc2C(F)(F)F)C1. The van der Waals surface area contributed by atoms with Crippen molar-refractivity contribution in [3.8, 4) is 0 Å². The Balaban J connectivity index is 1.99. The van der Waals surface area contributed by atoms with E-state index in [2.05, 4.69) is 5.32 Å². The number of piperidine rings is 1. The highest BCUT2D eigenvalue weighted by molar-refractivity contribution is 5.76. The molecule has 0 radical (unpaired) electrons. The first kappa shape index (κ1) is 17.1. The molecule has 1 saturated heterocycles. The minimum atomic E-state index is -4.49. The second-order valence-electron chi connectivity index (χ2n) is 5.44. The lowest BCUT2D eigenvalue weighted by Gasteiger charge is -2.30. The van der Waals surface area contributed by atoms with E-state index in [1.165, 1.54) is 23.1 Å². The van der Waals surface area contributed by atoms with Crippen molar-refractivity contribution in [1.82, 2.24) is 10.2 Å². The van der Waals surface area contributed by atoms with Crippen LogP contribution in [0.3, 0.4) is 0 Å². The molecule has 1 aromatic carbocycles. The second-order valence-corrected chi connectivity index (χ2v) is 5.44. The summed E-state index contributed by atoms with van der Waals surface area (Å²) >= 11 is 0. The van der Waals surface area contributed by atoms with Crippen LogP contribution in [-0.2, 0) is 17.5 Å². The largest absolute Gasteiger partial charge is 0.481 e. The molecule has 2 amide bonds. The third kappa shape index (κ3) is 4.37. The lowest BCUT2D eigenvalue weighted by Crippen LogP contribution is -2.46. The average Bonchev–Trinajstić information content (AvgIpc) is 2.52. The van der Waals surface area contributed by atoms with Crippen LogP contribution in [0.1, 0.15) is 24.0 Å². The van der Waals surface area contributed by atoms with Crippen LogP contribution in [-0.4, -0.2) is 35.1 Å². The molecule has 0 bridgehead atoms. The quantitative estimate of drug-likeness (QED) is 0.895. The van der Waals surface area contributed by atoms with Gasteiger partial charge in [-0.2, -0.15) is 13.2 Å². The summed E-state index contributed by atoms with van der Waals surface area (Å²) < 4.78 is 38.6. The molecule has 2 rings (SSSR count). The Morgan fingerprint density at radius 1 is 1.30 bits per heavy atom. The summed E-state index contributed by atoms with van der Waals surface area (Å²) in [4.78, 5) is 24.3. The highest BCUT2D eigenvalue weighted by atomic mass is 19.4. The molecule has 1 fully saturated rings. The van der Waals surface area contributed by atoms with E-state index in [1.54, 1.807) is 0 Å². The first-order valence-electron chi connectivity index (χ1n) is 7.19. The van der Waals surface area contributed by atoms with Gasteiger partial charge in [0.25, 0.3) is 0 Å². The number of nitrogens with one attached hydrogen (secondary N) is 1. The van der Waals surface area contributed by atoms with Gasteiger partial charge >= 0.3 is 18.2 Å². The molecule has 0 saturated carbocycles. The van der Waals surface area contributed by atoms with E-state index in [0.29, 0.717) is 19.4 Å². The van der Waals surface area contributed by atoms with Crippen molar-refractivity contribution >= 4 is 12.0 Å². The summed E-state index contributed by atoms with van der Waals surface area (Å²) in [6, 6.07) is 4.48. The monoisotopic (exact) mass is 330 g/mol. The third-order valence-corrected chi connectivity index (χ3v) is 3.81. The molecule has 0 aromatic heterocycles. The molecule has 5 nitrogen and oxygen atoms in total. The van der Waals surface area contributed by atoms with Crippen LogP contribution in [0.25, 0.3) is 0 Å². The van der Waals surface area contributed by atoms with Crippen LogP contribution in [0.5, 0.6) is 0 Å². The molecule has 1 aromatic rings. The average molecular weight is 330 g/mol. The van der Waals surface area contributed by atoms with Gasteiger partial charge in [0.1, 0.15) is 0 Å². The van der Waals surface area contributed by atoms with Crippen molar-refractivity contribution in [3.05, 3.63) is 35.4 Å². The number of benzene rings is 1. The third-order valence-electron chi connectivity index (χ3n) is 3.81. The summed E-state index contributed by atoms with van der Waals surface area (Å²) in [6.07, 6.45) is -3.43. The number of halogens is 3. The molecule has 1 atom stereocenters. The summed E-state index contributed by atoms with van der Waals surface area (Å²) in [5.41, 5.74) is -0.817. The second kappa shape index (κ2) is 6.89. The fourth-order valence-corrected chi connectivity index (χ4v) is 2.60. The molecular weight excluding hydrogens is 313 g/mol. The Hall–Kier alpha value is -2.25. The molecule has 1 aliphatic heterocycles. The van der Waals surface area contributed by atoms with Crippen LogP contribution >= 0.6 is 0 Å². The van der Waals surface area contributed by atoms with Crippen LogP contribution in [0.15, 0.2) is 24.3 Å². The van der Waals surface area contributed by atoms with Gasteiger partial charge in [-0.1, -0.05) is 18.2 Å². The summed E-state index contributed by atoms with van der Waals surface area (Å²) in [6.45, 7) is 0.210. The number of carboxylic acid groups (broad SMARTS) is 1. The molecule has 23 heavy (non-hydrogen) atoms. The van der Waals surface area contributed by atoms with Crippen molar-refractivity contribution < 1.29 is 27.9 Å². The summed E-state index contributed by atoms with van der Waals surface area (Å²) in [5.74, 6) is -1.60. The van der Waals surface area contributed by atoms with Crippen molar-refractivity contribution in [1.29, 1.82) is 0 Å². The van der Waals surface area contributed by atoms with Gasteiger partial charge in [0.05, 0.1) is 11.5 Å². The number of amides is 2. The van der Waals surface area contributed by atoms with E-state index in [4.69, 9.17) is 5.11 Å². The maximum atomic E-state index is 12.9. The van der Waals surface area contributed by atoms with Gasteiger partial charge in [0, 0.05) is 19.6 Å². The van der Waals surface area contributed by atoms with E-state index in [1.807, 2.05) is 0 Å². The number of nitrogens with zero attached hydrogens (tertiary/aromatic N) is 1. The number of rotatable bonds is 3. The van der Waals surface area contributed by atoms with Crippen molar-refractivity contribution in [3.63, 3.8) is 0 Å². The van der Waals surface area contributed by atoms with Crippen LogP contribution in [0, 0.1) is 5.92 Å². The highest BCUT2D eigenvalue weighted by Gasteiger charge is 2.33. The topological polar surface area (TPSA) is 69.6 Å². The smallest absolute Gasteiger partial charge is 0.416 e. The minimum Gasteiger partial charge on any atom is -0.481 e. The maximum Gasteiger partial charge on any atom is 0.416 e. The maximum absolute atomic E-state index is 12.9. The van der Waals surface area contributed by atoms with E-state index in [-0.39, 0.29) is 18.7 Å². The Bertz CT molecular complexity index is 590. The number of alkyl halides is 3. The molecule has 126 valence electrons. The molecule has 1 aliphatic rings. The number of hydrogen-bond acceptors (Lipinski definition) is 2. The molecule has 0 aliphatic carbocycles. The normalized spacial score (nSPS) is 18.6. The molecular formula is C15H17F3N2O3. The van der Waals surface area contributed by atoms with Gasteiger partial charge < -0.3 is 15.3 Å². The standard InChI is InChI=1S/C15H17F3N2O3/c16-15(17,18)12-6-2-1-4-10(12)8-19-14(23)20-7-3-5-11(9-20)13(21)22/h1-2,4,6,11H,3,5,7-9H2,(H,19,23)(H,21,22). The Morgan fingerprint density at radius 3 is 2.65 bits per heavy atom. The minimum absolute atomic E-state index is 0.0276. The van der Waals surface area contributed by atoms with Crippen LogP contribution in [0.4, 0.5) is 18.0 Å². The predicted octanol–water partition coefficient (Wildman–Crippen LogP) is 2.71. The number of carbonyl (C=O) groups is 2. The van der Waals surface area contributed by atoms with Crippen molar-refractivity contribution in [2.45, 2.75) is 25.6 Å². The van der Waals surface area contributed by atoms with Crippen LogP contribution < -0.4 is 5.32 Å². The number of urea groups is 1. The Labute approximate surface area is 131 Å². The number of likely N-dealkylation sites (tertiary alicyclic amines) is 1. The summed E-state index contributed by atoms with van der Waals surface area (Å²) in [5, 5.41) is 11.4. The first-order chi connectivity index (χ1) is 10.8. The number of aliphatic carboxylic acids is 1. The molecule has 1 unspecified atom stereocenters. The predicted molar refractivity (Wildman–Crippen MR) is 75.6 cm³/mol. The Kier molecular flexibility index (Phi) is 5.12. The van der Waals surface area contributed by atoms with Crippen molar-refractivity contribution in [2.24, 2.45) is 5.92 Å². The lowest BCUT2D eigenvalue weighted by molar-refractivity contribution is -0.143. The van der Waals surface area contributed by atoms with Gasteiger partial charge in [-0.3, -0.25) is 4.79 Å². The molecule has 2 N–H and O–H groups in total. The molecule has 1 heterocycles. The zero-order valence-corrected chi connectivity index (χ0v) is 12.3. The van der Waals surface area contributed by atoms with Gasteiger partial charge in [-0.15, -0.1) is 0 Å². The number of carbonyl (C=O) groups excluding carboxylic acids is 1. The fourth-order valence-electron chi connectivity index (χ4n) is 2.60. The van der Waals surface area contributed by atoms with Crippen molar-refractivity contribution in [2.75, 3.05) is 13.1 Å². The van der Waals surface area contributed by atoms with E-state index < -0.39 is 29.7 Å². The van der Waals surface area contributed by atoms with Gasteiger partial charge in [-0.05, 0) is 24.5 Å². The highest BCUT2D eigenvalue weighted by Crippen LogP contribution is 2.31. The zero-order valence-electron chi connectivity index (χ0n) is 12.3. The van der Waals surface area contributed by atoms with Crippen LogP contribution in [0.2, 0.25) is 0 Å². The zero-order chi connectivity index (χ0) is 17.0. The number of carboxylic acids is 1. The Morgan fingerprint density at radius 2 is 2.00 bits per heavy atom. The number of hydrogen-bond donors (Lipinski definition) is 2. The van der Waals surface area contributed by atoms with Gasteiger partial charge in [0.15, 0.2) is 0 Å². The van der Waals surface area contributed by atoms with E-state index in [9.17, 15) is 22.8 Å². The lowest BCUT2D eigenvalue weighted by atomic mass is 9.99. The van der Waals surface area contributed by atoms with E-state index in [0.717, 1.165) is 6.07 Å². The molecule has 0 spiro atoms. The van der Waals surface area contributed by atoms with Gasteiger partial charge in [-0.25, -0.2) is 4.79 Å². The molecule has 8 heteroatoms. The van der Waals surface area contributed by atoms with Gasteiger partial charge in [0.2, 0.25) is 0 Å². The fraction of sp³-hybridized carbons (Fsp3) is 0.467.